The average molecular weight is 360 g/mol. The predicted molar refractivity (Wildman–Crippen MR) is 89.5 cm³/mol. The van der Waals surface area contributed by atoms with Gasteiger partial charge in [0.2, 0.25) is 0 Å². The fourth-order valence-electron chi connectivity index (χ4n) is 1.89. The molecule has 0 unspecified atom stereocenters. The number of ether oxygens (including phenoxy) is 2. The Morgan fingerprint density at radius 1 is 0.769 bits per heavy atom. The van der Waals surface area contributed by atoms with E-state index in [1.165, 1.54) is 24.3 Å². The number of carboxylic acids is 2. The topological polar surface area (TPSA) is 127 Å². The third-order valence-corrected chi connectivity index (χ3v) is 2.94. The van der Waals surface area contributed by atoms with Crippen molar-refractivity contribution in [3.8, 4) is 0 Å². The standard InChI is InChI=1S/C8H6O4.C8H4O3.C2H6O/c9-7(10)5-3-1-2-4-6(5)8(11)12;9-7-5-3-1-2-4-6(5)8(10)11-7;1-3-2/h1-4H,(H,9,10)(H,11,12);1-4H;1-2H3. The summed E-state index contributed by atoms with van der Waals surface area (Å²) in [6.07, 6.45) is 0. The van der Waals surface area contributed by atoms with Crippen molar-refractivity contribution in [3.63, 3.8) is 0 Å². The molecule has 0 saturated heterocycles. The van der Waals surface area contributed by atoms with Crippen molar-refractivity contribution in [1.29, 1.82) is 0 Å². The number of esters is 2. The molecule has 1 aliphatic heterocycles. The first-order valence-corrected chi connectivity index (χ1v) is 7.14. The highest BCUT2D eigenvalue weighted by Gasteiger charge is 2.28. The summed E-state index contributed by atoms with van der Waals surface area (Å²) in [4.78, 5) is 42.6. The Kier molecular flexibility index (Phi) is 7.66. The minimum Gasteiger partial charge on any atom is -0.478 e. The van der Waals surface area contributed by atoms with E-state index in [2.05, 4.69) is 9.47 Å². The summed E-state index contributed by atoms with van der Waals surface area (Å²) in [5.74, 6) is -3.56. The van der Waals surface area contributed by atoms with E-state index in [9.17, 15) is 19.2 Å². The molecule has 0 fully saturated rings. The Morgan fingerprint density at radius 2 is 1.08 bits per heavy atom. The van der Waals surface area contributed by atoms with E-state index in [1.54, 1.807) is 38.5 Å². The second-order valence-electron chi connectivity index (χ2n) is 4.79. The normalized spacial score (nSPS) is 11.2. The maximum atomic E-state index is 10.8. The first-order chi connectivity index (χ1) is 12.3. The minimum atomic E-state index is -1.23. The van der Waals surface area contributed by atoms with Crippen LogP contribution in [-0.2, 0) is 9.47 Å². The first kappa shape index (κ1) is 20.5. The van der Waals surface area contributed by atoms with Crippen LogP contribution in [0.1, 0.15) is 41.4 Å². The summed E-state index contributed by atoms with van der Waals surface area (Å²) in [7, 11) is 3.25. The maximum absolute atomic E-state index is 10.8. The molecule has 2 N–H and O–H groups in total. The number of hydrogen-bond acceptors (Lipinski definition) is 6. The number of benzene rings is 2. The van der Waals surface area contributed by atoms with Crippen LogP contribution in [0.15, 0.2) is 48.5 Å². The highest BCUT2D eigenvalue weighted by atomic mass is 16.6. The van der Waals surface area contributed by atoms with Gasteiger partial charge in [-0.25, -0.2) is 19.2 Å². The minimum absolute atomic E-state index is 0.190. The van der Waals surface area contributed by atoms with Crippen LogP contribution < -0.4 is 0 Å². The third kappa shape index (κ3) is 5.25. The first-order valence-electron chi connectivity index (χ1n) is 7.14. The Morgan fingerprint density at radius 3 is 1.38 bits per heavy atom. The Labute approximate surface area is 148 Å². The van der Waals surface area contributed by atoms with Crippen molar-refractivity contribution in [2.45, 2.75) is 0 Å². The second-order valence-corrected chi connectivity index (χ2v) is 4.79. The third-order valence-electron chi connectivity index (χ3n) is 2.94. The molecule has 0 spiro atoms. The molecule has 2 aromatic rings. The molecule has 3 rings (SSSR count). The van der Waals surface area contributed by atoms with Crippen LogP contribution in [0.3, 0.4) is 0 Å². The number of carbonyl (C=O) groups excluding carboxylic acids is 2. The average Bonchev–Trinajstić information content (AvgIpc) is 2.91. The molecule has 1 aliphatic rings. The lowest BCUT2D eigenvalue weighted by molar-refractivity contribution is 0.0442. The smallest absolute Gasteiger partial charge is 0.346 e. The lowest BCUT2D eigenvalue weighted by Crippen LogP contribution is -2.06. The number of fused-ring (bicyclic) bond motifs is 1. The number of carboxylic acid groups (broad SMARTS) is 2. The molecule has 0 radical (unpaired) electrons. The van der Waals surface area contributed by atoms with E-state index in [0.717, 1.165) is 0 Å². The number of carbonyl (C=O) groups is 4. The number of aromatic carboxylic acids is 2. The fraction of sp³-hybridized carbons (Fsp3) is 0.111. The lowest BCUT2D eigenvalue weighted by Gasteiger charge is -1.98. The molecule has 2 aromatic carbocycles. The van der Waals surface area contributed by atoms with Gasteiger partial charge in [0.25, 0.3) is 0 Å². The summed E-state index contributed by atoms with van der Waals surface area (Å²) >= 11 is 0. The zero-order chi connectivity index (χ0) is 19.7. The van der Waals surface area contributed by atoms with E-state index in [4.69, 9.17) is 10.2 Å². The van der Waals surface area contributed by atoms with Gasteiger partial charge in [0.1, 0.15) is 0 Å². The van der Waals surface area contributed by atoms with Gasteiger partial charge in [0.05, 0.1) is 22.3 Å². The molecule has 8 nitrogen and oxygen atoms in total. The molecular weight excluding hydrogens is 344 g/mol. The summed E-state index contributed by atoms with van der Waals surface area (Å²) in [5.41, 5.74) is 0.338. The van der Waals surface area contributed by atoms with E-state index >= 15 is 0 Å². The molecule has 136 valence electrons. The van der Waals surface area contributed by atoms with Crippen molar-refractivity contribution in [3.05, 3.63) is 70.8 Å². The zero-order valence-electron chi connectivity index (χ0n) is 14.0. The zero-order valence-corrected chi connectivity index (χ0v) is 14.0. The Bertz CT molecular complexity index is 759. The molecule has 0 aliphatic carbocycles. The Hall–Kier alpha value is -3.52. The Balaban J connectivity index is 0.000000227. The van der Waals surface area contributed by atoms with Crippen LogP contribution in [0.5, 0.6) is 0 Å². The van der Waals surface area contributed by atoms with Crippen LogP contribution in [0.2, 0.25) is 0 Å². The molecule has 0 aromatic heterocycles. The largest absolute Gasteiger partial charge is 0.478 e. The number of methoxy groups -OCH3 is 1. The van der Waals surface area contributed by atoms with Gasteiger partial charge in [-0.3, -0.25) is 0 Å². The quantitative estimate of drug-likeness (QED) is 0.617. The number of rotatable bonds is 2. The molecule has 26 heavy (non-hydrogen) atoms. The molecule has 0 amide bonds. The monoisotopic (exact) mass is 360 g/mol. The maximum Gasteiger partial charge on any atom is 0.346 e. The van der Waals surface area contributed by atoms with E-state index < -0.39 is 23.9 Å². The van der Waals surface area contributed by atoms with Gasteiger partial charge in [0.15, 0.2) is 0 Å². The van der Waals surface area contributed by atoms with Gasteiger partial charge in [-0.05, 0) is 24.3 Å². The second kappa shape index (κ2) is 9.70. The van der Waals surface area contributed by atoms with Crippen molar-refractivity contribution >= 4 is 23.9 Å². The highest BCUT2D eigenvalue weighted by molar-refractivity contribution is 6.14. The molecule has 8 heteroatoms. The van der Waals surface area contributed by atoms with Crippen LogP contribution in [0.25, 0.3) is 0 Å². The molecule has 0 bridgehead atoms. The van der Waals surface area contributed by atoms with E-state index in [-0.39, 0.29) is 11.1 Å². The SMILES string of the molecule is COC.O=C(O)c1ccccc1C(=O)O.O=C1OC(=O)c2ccccc21. The van der Waals surface area contributed by atoms with Crippen LogP contribution in [0.4, 0.5) is 0 Å². The van der Waals surface area contributed by atoms with Gasteiger partial charge < -0.3 is 19.7 Å². The van der Waals surface area contributed by atoms with Crippen LogP contribution in [0, 0.1) is 0 Å². The van der Waals surface area contributed by atoms with Crippen LogP contribution >= 0.6 is 0 Å². The molecular formula is C18H16O8. The van der Waals surface area contributed by atoms with E-state index in [1.807, 2.05) is 0 Å². The highest BCUT2D eigenvalue weighted by Crippen LogP contribution is 2.18. The summed E-state index contributed by atoms with van der Waals surface area (Å²) < 4.78 is 8.60. The molecule has 0 atom stereocenters. The summed E-state index contributed by atoms with van der Waals surface area (Å²) in [6, 6.07) is 12.0. The van der Waals surface area contributed by atoms with Crippen molar-refractivity contribution < 1.29 is 38.9 Å². The van der Waals surface area contributed by atoms with Gasteiger partial charge in [0, 0.05) is 14.2 Å². The van der Waals surface area contributed by atoms with Gasteiger partial charge >= 0.3 is 23.9 Å². The summed E-state index contributed by atoms with van der Waals surface area (Å²) in [6.45, 7) is 0. The van der Waals surface area contributed by atoms with Crippen molar-refractivity contribution in [2.24, 2.45) is 0 Å². The number of hydrogen-bond donors (Lipinski definition) is 2. The van der Waals surface area contributed by atoms with E-state index in [0.29, 0.717) is 11.1 Å². The van der Waals surface area contributed by atoms with Crippen molar-refractivity contribution in [2.75, 3.05) is 14.2 Å². The molecule has 0 saturated carbocycles. The van der Waals surface area contributed by atoms with Crippen molar-refractivity contribution in [1.82, 2.24) is 0 Å². The molecule has 1 heterocycles. The number of cyclic esters (lactones) is 2. The van der Waals surface area contributed by atoms with Gasteiger partial charge in [-0.1, -0.05) is 24.3 Å². The predicted octanol–water partition coefficient (Wildman–Crippen LogP) is 2.34. The summed E-state index contributed by atoms with van der Waals surface area (Å²) in [5, 5.41) is 17.1. The van der Waals surface area contributed by atoms with Gasteiger partial charge in [-0.15, -0.1) is 0 Å². The van der Waals surface area contributed by atoms with Gasteiger partial charge in [-0.2, -0.15) is 0 Å². The lowest BCUT2D eigenvalue weighted by atomic mass is 10.1. The fourth-order valence-corrected chi connectivity index (χ4v) is 1.89. The van der Waals surface area contributed by atoms with Crippen LogP contribution in [-0.4, -0.2) is 48.3 Å².